The van der Waals surface area contributed by atoms with Crippen molar-refractivity contribution in [2.75, 3.05) is 11.1 Å². The molecule has 3 aromatic heterocycles. The Hall–Kier alpha value is -4.72. The molecule has 0 spiro atoms. The number of hydrogen-bond donors (Lipinski definition) is 2. The second kappa shape index (κ2) is 9.64. The van der Waals surface area contributed by atoms with E-state index < -0.39 is 17.6 Å². The number of amides is 1. The molecule has 0 saturated carbocycles. The SMILES string of the molecule is Cc1cn(Cc2ccc(NC(=O)c3cncc(C#Cc4cnc(N)nc4)c3)cc2C(F)(F)F)cn1. The summed E-state index contributed by atoms with van der Waals surface area (Å²) in [4.78, 5) is 28.4. The van der Waals surface area contributed by atoms with Crippen LogP contribution < -0.4 is 11.1 Å². The van der Waals surface area contributed by atoms with Gasteiger partial charge in [-0.15, -0.1) is 0 Å². The summed E-state index contributed by atoms with van der Waals surface area (Å²) in [6, 6.07) is 5.15. The van der Waals surface area contributed by atoms with Gasteiger partial charge in [-0.25, -0.2) is 15.0 Å². The monoisotopic (exact) mass is 477 g/mol. The number of benzene rings is 1. The summed E-state index contributed by atoms with van der Waals surface area (Å²) in [5.74, 6) is 5.15. The molecule has 0 aliphatic heterocycles. The molecule has 11 heteroatoms. The fourth-order valence-electron chi connectivity index (χ4n) is 3.19. The van der Waals surface area contributed by atoms with Gasteiger partial charge in [0.15, 0.2) is 0 Å². The van der Waals surface area contributed by atoms with Crippen LogP contribution in [-0.2, 0) is 12.7 Å². The number of carbonyl (C=O) groups excluding carboxylic acids is 1. The van der Waals surface area contributed by atoms with E-state index in [1.807, 2.05) is 0 Å². The highest BCUT2D eigenvalue weighted by atomic mass is 19.4. The topological polar surface area (TPSA) is 112 Å². The van der Waals surface area contributed by atoms with Crippen LogP contribution in [0.4, 0.5) is 24.8 Å². The first-order valence-electron chi connectivity index (χ1n) is 10.2. The molecule has 0 radical (unpaired) electrons. The molecule has 3 heterocycles. The molecule has 35 heavy (non-hydrogen) atoms. The summed E-state index contributed by atoms with van der Waals surface area (Å²) >= 11 is 0. The third-order valence-corrected chi connectivity index (χ3v) is 4.81. The summed E-state index contributed by atoms with van der Waals surface area (Å²) in [5, 5.41) is 2.49. The van der Waals surface area contributed by atoms with Crippen LogP contribution in [0, 0.1) is 18.8 Å². The van der Waals surface area contributed by atoms with Crippen LogP contribution in [0.5, 0.6) is 0 Å². The van der Waals surface area contributed by atoms with E-state index in [4.69, 9.17) is 5.73 Å². The molecule has 4 rings (SSSR count). The highest BCUT2D eigenvalue weighted by Gasteiger charge is 2.33. The number of nitrogens with two attached hydrogens (primary N) is 1. The lowest BCUT2D eigenvalue weighted by Crippen LogP contribution is -2.15. The molecule has 3 N–H and O–H groups in total. The van der Waals surface area contributed by atoms with Crippen LogP contribution in [0.3, 0.4) is 0 Å². The molecule has 1 amide bonds. The smallest absolute Gasteiger partial charge is 0.368 e. The van der Waals surface area contributed by atoms with Gasteiger partial charge in [0, 0.05) is 48.8 Å². The highest BCUT2D eigenvalue weighted by Crippen LogP contribution is 2.34. The van der Waals surface area contributed by atoms with Gasteiger partial charge in [-0.05, 0) is 30.7 Å². The van der Waals surface area contributed by atoms with E-state index in [0.29, 0.717) is 16.8 Å². The molecule has 4 aromatic rings. The molecular formula is C24H18F3N7O. The molecule has 0 fully saturated rings. The Balaban J connectivity index is 1.53. The van der Waals surface area contributed by atoms with Crippen molar-refractivity contribution in [3.05, 3.63) is 95.1 Å². The van der Waals surface area contributed by atoms with E-state index in [1.165, 1.54) is 49.3 Å². The minimum absolute atomic E-state index is 0.00315. The van der Waals surface area contributed by atoms with Crippen LogP contribution in [-0.4, -0.2) is 30.4 Å². The molecule has 0 unspecified atom stereocenters. The highest BCUT2D eigenvalue weighted by molar-refractivity contribution is 6.04. The maximum absolute atomic E-state index is 13.7. The number of aromatic nitrogens is 5. The van der Waals surface area contributed by atoms with Gasteiger partial charge in [0.1, 0.15) is 0 Å². The van der Waals surface area contributed by atoms with E-state index >= 15 is 0 Å². The average molecular weight is 477 g/mol. The first-order chi connectivity index (χ1) is 16.7. The fraction of sp³-hybridized carbons (Fsp3) is 0.125. The predicted molar refractivity (Wildman–Crippen MR) is 122 cm³/mol. The van der Waals surface area contributed by atoms with Gasteiger partial charge >= 0.3 is 6.18 Å². The number of halogens is 3. The van der Waals surface area contributed by atoms with Gasteiger partial charge < -0.3 is 15.6 Å². The number of nitrogens with zero attached hydrogens (tertiary/aromatic N) is 5. The Kier molecular flexibility index (Phi) is 6.46. The largest absolute Gasteiger partial charge is 0.416 e. The Bertz CT molecular complexity index is 1430. The molecular weight excluding hydrogens is 459 g/mol. The minimum atomic E-state index is -4.60. The Labute approximate surface area is 198 Å². The van der Waals surface area contributed by atoms with Gasteiger partial charge in [-0.3, -0.25) is 9.78 Å². The van der Waals surface area contributed by atoms with Gasteiger partial charge in [-0.2, -0.15) is 13.2 Å². The Morgan fingerprint density at radius 3 is 2.49 bits per heavy atom. The molecule has 0 aliphatic carbocycles. The molecule has 0 bridgehead atoms. The van der Waals surface area contributed by atoms with Crippen LogP contribution in [0.2, 0.25) is 0 Å². The maximum Gasteiger partial charge on any atom is 0.416 e. The summed E-state index contributed by atoms with van der Waals surface area (Å²) < 4.78 is 42.7. The number of anilines is 2. The van der Waals surface area contributed by atoms with E-state index in [2.05, 4.69) is 37.1 Å². The van der Waals surface area contributed by atoms with Gasteiger partial charge in [0.25, 0.3) is 5.91 Å². The molecule has 8 nitrogen and oxygen atoms in total. The number of alkyl halides is 3. The number of aryl methyl sites for hydroxylation is 1. The van der Waals surface area contributed by atoms with Crippen molar-refractivity contribution in [3.8, 4) is 11.8 Å². The number of hydrogen-bond acceptors (Lipinski definition) is 6. The minimum Gasteiger partial charge on any atom is -0.368 e. The van der Waals surface area contributed by atoms with E-state index in [0.717, 1.165) is 6.07 Å². The number of nitrogens with one attached hydrogen (secondary N) is 1. The normalized spacial score (nSPS) is 11.0. The molecule has 1 aromatic carbocycles. The number of pyridine rings is 1. The number of imidazole rings is 1. The summed E-state index contributed by atoms with van der Waals surface area (Å²) in [6.45, 7) is 1.75. The average Bonchev–Trinajstić information content (AvgIpc) is 3.23. The van der Waals surface area contributed by atoms with Crippen molar-refractivity contribution in [1.82, 2.24) is 24.5 Å². The van der Waals surface area contributed by atoms with E-state index in [1.54, 1.807) is 17.7 Å². The van der Waals surface area contributed by atoms with Crippen molar-refractivity contribution in [1.29, 1.82) is 0 Å². The lowest BCUT2D eigenvalue weighted by atomic mass is 10.1. The standard InChI is InChI=1S/C24H18F3N7O/c1-15-12-34(14-32-15)13-18-4-5-20(7-21(18)24(25,26)27)33-22(35)19-6-16(8-29-11-19)2-3-17-9-30-23(28)31-10-17/h4-12,14H,13H2,1H3,(H,33,35)(H2,28,30,31). The fourth-order valence-corrected chi connectivity index (χ4v) is 3.19. The van der Waals surface area contributed by atoms with Crippen molar-refractivity contribution >= 4 is 17.5 Å². The first-order valence-corrected chi connectivity index (χ1v) is 10.2. The molecule has 0 aliphatic rings. The molecule has 0 saturated heterocycles. The summed E-state index contributed by atoms with van der Waals surface area (Å²) in [7, 11) is 0. The van der Waals surface area contributed by atoms with Crippen LogP contribution in [0.25, 0.3) is 0 Å². The lowest BCUT2D eigenvalue weighted by Gasteiger charge is -2.15. The second-order valence-electron chi connectivity index (χ2n) is 7.55. The third kappa shape index (κ3) is 6.00. The number of rotatable bonds is 4. The van der Waals surface area contributed by atoms with Crippen LogP contribution in [0.1, 0.15) is 38.3 Å². The Morgan fingerprint density at radius 1 is 1.06 bits per heavy atom. The lowest BCUT2D eigenvalue weighted by molar-refractivity contribution is -0.138. The zero-order valence-corrected chi connectivity index (χ0v) is 18.3. The zero-order chi connectivity index (χ0) is 25.0. The molecule has 0 atom stereocenters. The van der Waals surface area contributed by atoms with E-state index in [-0.39, 0.29) is 29.3 Å². The summed E-state index contributed by atoms with van der Waals surface area (Å²) in [5.41, 5.74) is 6.43. The van der Waals surface area contributed by atoms with Crippen molar-refractivity contribution in [3.63, 3.8) is 0 Å². The predicted octanol–water partition coefficient (Wildman–Crippen LogP) is 3.68. The van der Waals surface area contributed by atoms with Gasteiger partial charge in [0.2, 0.25) is 5.95 Å². The second-order valence-corrected chi connectivity index (χ2v) is 7.55. The summed E-state index contributed by atoms with van der Waals surface area (Å²) in [6.07, 6.45) is 4.18. The van der Waals surface area contributed by atoms with Crippen molar-refractivity contribution in [2.24, 2.45) is 0 Å². The van der Waals surface area contributed by atoms with E-state index in [9.17, 15) is 18.0 Å². The maximum atomic E-state index is 13.7. The number of nitrogen functional groups attached to an aromatic ring is 1. The third-order valence-electron chi connectivity index (χ3n) is 4.81. The van der Waals surface area contributed by atoms with Gasteiger partial charge in [-0.1, -0.05) is 17.9 Å². The first kappa shape index (κ1) is 23.4. The number of carbonyl (C=O) groups is 1. The quantitative estimate of drug-likeness (QED) is 0.434. The van der Waals surface area contributed by atoms with Crippen molar-refractivity contribution < 1.29 is 18.0 Å². The van der Waals surface area contributed by atoms with Crippen molar-refractivity contribution in [2.45, 2.75) is 19.6 Å². The zero-order valence-electron chi connectivity index (χ0n) is 18.3. The Morgan fingerprint density at radius 2 is 1.80 bits per heavy atom. The van der Waals surface area contributed by atoms with Gasteiger partial charge in [0.05, 0.1) is 28.7 Å². The van der Waals surface area contributed by atoms with Crippen LogP contribution >= 0.6 is 0 Å². The van der Waals surface area contributed by atoms with Crippen LogP contribution in [0.15, 0.2) is 61.6 Å². The molecule has 176 valence electrons.